The number of phenolic OH excluding ortho intramolecular Hbond substituents is 1. The third kappa shape index (κ3) is 2.39. The molecule has 1 aromatic rings. The summed E-state index contributed by atoms with van der Waals surface area (Å²) >= 11 is 3.26. The second-order valence-electron chi connectivity index (χ2n) is 2.16. The van der Waals surface area contributed by atoms with E-state index in [4.69, 9.17) is 9.47 Å². The monoisotopic (exact) mass is 232 g/mol. The molecular weight excluding hydrogens is 224 g/mol. The van der Waals surface area contributed by atoms with Gasteiger partial charge in [-0.25, -0.2) is 0 Å². The Morgan fingerprint density at radius 2 is 2.25 bits per heavy atom. The van der Waals surface area contributed by atoms with Crippen molar-refractivity contribution in [2.24, 2.45) is 0 Å². The van der Waals surface area contributed by atoms with Crippen LogP contribution < -0.4 is 4.74 Å². The molecule has 3 nitrogen and oxygen atoms in total. The number of methoxy groups -OCH3 is 1. The number of hydrogen-bond donors (Lipinski definition) is 1. The number of halogens is 1. The van der Waals surface area contributed by atoms with E-state index in [-0.39, 0.29) is 12.5 Å². The van der Waals surface area contributed by atoms with Crippen molar-refractivity contribution in [1.29, 1.82) is 0 Å². The SMILES string of the molecule is COCOc1cc(Br)ccc1O. The molecular formula is C8H9BrO3. The molecule has 1 aromatic carbocycles. The Bertz CT molecular complexity index is 262. The van der Waals surface area contributed by atoms with E-state index in [0.29, 0.717) is 5.75 Å². The van der Waals surface area contributed by atoms with E-state index in [1.165, 1.54) is 7.11 Å². The van der Waals surface area contributed by atoms with Gasteiger partial charge in [0.05, 0.1) is 0 Å². The van der Waals surface area contributed by atoms with Gasteiger partial charge in [-0.2, -0.15) is 0 Å². The van der Waals surface area contributed by atoms with Crippen LogP contribution >= 0.6 is 15.9 Å². The molecule has 0 unspecified atom stereocenters. The van der Waals surface area contributed by atoms with Gasteiger partial charge in [0.1, 0.15) is 0 Å². The van der Waals surface area contributed by atoms with Gasteiger partial charge in [-0.1, -0.05) is 15.9 Å². The Kier molecular flexibility index (Phi) is 3.37. The molecule has 0 bridgehead atoms. The molecule has 0 aliphatic heterocycles. The molecule has 0 radical (unpaired) electrons. The van der Waals surface area contributed by atoms with Crippen molar-refractivity contribution in [3.8, 4) is 11.5 Å². The summed E-state index contributed by atoms with van der Waals surface area (Å²) in [4.78, 5) is 0. The average molecular weight is 233 g/mol. The normalized spacial score (nSPS) is 9.83. The summed E-state index contributed by atoms with van der Waals surface area (Å²) in [5.41, 5.74) is 0. The standard InChI is InChI=1S/C8H9BrO3/c1-11-5-12-8-4-6(9)2-3-7(8)10/h2-4,10H,5H2,1H3. The minimum Gasteiger partial charge on any atom is -0.504 e. The fraction of sp³-hybridized carbons (Fsp3) is 0.250. The minimum absolute atomic E-state index is 0.107. The smallest absolute Gasteiger partial charge is 0.188 e. The maximum Gasteiger partial charge on any atom is 0.188 e. The van der Waals surface area contributed by atoms with Crippen LogP contribution in [0, 0.1) is 0 Å². The van der Waals surface area contributed by atoms with Crippen molar-refractivity contribution in [2.45, 2.75) is 0 Å². The van der Waals surface area contributed by atoms with E-state index < -0.39 is 0 Å². The van der Waals surface area contributed by atoms with E-state index in [2.05, 4.69) is 15.9 Å². The van der Waals surface area contributed by atoms with Gasteiger partial charge in [0, 0.05) is 11.6 Å². The zero-order chi connectivity index (χ0) is 8.97. The van der Waals surface area contributed by atoms with E-state index in [1.807, 2.05) is 0 Å². The fourth-order valence-corrected chi connectivity index (χ4v) is 1.07. The highest BCUT2D eigenvalue weighted by Crippen LogP contribution is 2.28. The van der Waals surface area contributed by atoms with Crippen LogP contribution in [0.2, 0.25) is 0 Å². The Morgan fingerprint density at radius 1 is 1.50 bits per heavy atom. The van der Waals surface area contributed by atoms with Crippen LogP contribution in [0.25, 0.3) is 0 Å². The molecule has 0 aliphatic carbocycles. The summed E-state index contributed by atoms with van der Waals surface area (Å²) in [5.74, 6) is 0.515. The van der Waals surface area contributed by atoms with Crippen molar-refractivity contribution >= 4 is 15.9 Å². The summed E-state index contributed by atoms with van der Waals surface area (Å²) in [6, 6.07) is 4.96. The molecule has 0 spiro atoms. The summed E-state index contributed by atoms with van der Waals surface area (Å²) in [5, 5.41) is 9.26. The van der Waals surface area contributed by atoms with Crippen molar-refractivity contribution in [3.63, 3.8) is 0 Å². The van der Waals surface area contributed by atoms with Crippen molar-refractivity contribution in [1.82, 2.24) is 0 Å². The van der Waals surface area contributed by atoms with Crippen LogP contribution in [0.15, 0.2) is 22.7 Å². The van der Waals surface area contributed by atoms with Gasteiger partial charge >= 0.3 is 0 Å². The van der Waals surface area contributed by atoms with Crippen LogP contribution in [0.4, 0.5) is 0 Å². The first-order valence-corrected chi connectivity index (χ1v) is 4.13. The lowest BCUT2D eigenvalue weighted by Crippen LogP contribution is -1.98. The van der Waals surface area contributed by atoms with Gasteiger partial charge in [0.25, 0.3) is 0 Å². The highest BCUT2D eigenvalue weighted by atomic mass is 79.9. The number of hydrogen-bond acceptors (Lipinski definition) is 3. The van der Waals surface area contributed by atoms with E-state index >= 15 is 0 Å². The third-order valence-electron chi connectivity index (χ3n) is 1.25. The number of ether oxygens (including phenoxy) is 2. The molecule has 0 heterocycles. The molecule has 1 rings (SSSR count). The molecule has 66 valence electrons. The number of benzene rings is 1. The highest BCUT2D eigenvalue weighted by Gasteiger charge is 2.01. The summed E-state index contributed by atoms with van der Waals surface area (Å²) < 4.78 is 10.6. The molecule has 12 heavy (non-hydrogen) atoms. The summed E-state index contributed by atoms with van der Waals surface area (Å²) in [6.45, 7) is 0.129. The molecule has 0 atom stereocenters. The molecule has 0 saturated carbocycles. The molecule has 0 fully saturated rings. The Hall–Kier alpha value is -0.740. The molecule has 0 saturated heterocycles. The van der Waals surface area contributed by atoms with E-state index in [9.17, 15) is 5.11 Å². The van der Waals surface area contributed by atoms with Gasteiger partial charge in [-0.3, -0.25) is 0 Å². The first kappa shape index (κ1) is 9.35. The summed E-state index contributed by atoms with van der Waals surface area (Å²) in [7, 11) is 1.52. The van der Waals surface area contributed by atoms with Crippen LogP contribution in [0.5, 0.6) is 11.5 Å². The van der Waals surface area contributed by atoms with Gasteiger partial charge < -0.3 is 14.6 Å². The zero-order valence-corrected chi connectivity index (χ0v) is 8.17. The van der Waals surface area contributed by atoms with Crippen LogP contribution in [0.1, 0.15) is 0 Å². The first-order valence-electron chi connectivity index (χ1n) is 3.34. The largest absolute Gasteiger partial charge is 0.504 e. The topological polar surface area (TPSA) is 38.7 Å². The maximum absolute atomic E-state index is 9.26. The Labute approximate surface area is 79.1 Å². The van der Waals surface area contributed by atoms with E-state index in [1.54, 1.807) is 18.2 Å². The zero-order valence-electron chi connectivity index (χ0n) is 6.58. The Balaban J connectivity index is 2.75. The van der Waals surface area contributed by atoms with Crippen molar-refractivity contribution in [3.05, 3.63) is 22.7 Å². The van der Waals surface area contributed by atoms with E-state index in [0.717, 1.165) is 4.47 Å². The van der Waals surface area contributed by atoms with Crippen LogP contribution in [-0.2, 0) is 4.74 Å². The summed E-state index contributed by atoms with van der Waals surface area (Å²) in [6.07, 6.45) is 0. The van der Waals surface area contributed by atoms with Gasteiger partial charge in [-0.05, 0) is 18.2 Å². The van der Waals surface area contributed by atoms with Crippen LogP contribution in [0.3, 0.4) is 0 Å². The second-order valence-corrected chi connectivity index (χ2v) is 3.08. The molecule has 0 amide bonds. The third-order valence-corrected chi connectivity index (χ3v) is 1.75. The predicted molar refractivity (Wildman–Crippen MR) is 48.3 cm³/mol. The highest BCUT2D eigenvalue weighted by molar-refractivity contribution is 9.10. The first-order chi connectivity index (χ1) is 5.74. The lowest BCUT2D eigenvalue weighted by molar-refractivity contribution is 0.0491. The maximum atomic E-state index is 9.26. The van der Waals surface area contributed by atoms with Gasteiger partial charge in [0.15, 0.2) is 18.3 Å². The quantitative estimate of drug-likeness (QED) is 0.813. The van der Waals surface area contributed by atoms with Crippen molar-refractivity contribution in [2.75, 3.05) is 13.9 Å². The van der Waals surface area contributed by atoms with Gasteiger partial charge in [-0.15, -0.1) is 0 Å². The Morgan fingerprint density at radius 3 is 2.92 bits per heavy atom. The molecule has 4 heteroatoms. The molecule has 0 aliphatic rings. The average Bonchev–Trinajstić information content (AvgIpc) is 2.07. The van der Waals surface area contributed by atoms with Gasteiger partial charge in [0.2, 0.25) is 0 Å². The van der Waals surface area contributed by atoms with Crippen molar-refractivity contribution < 1.29 is 14.6 Å². The number of phenols is 1. The lowest BCUT2D eigenvalue weighted by Gasteiger charge is -2.06. The number of rotatable bonds is 3. The molecule has 1 N–H and O–H groups in total. The molecule has 0 aromatic heterocycles. The minimum atomic E-state index is 0.107. The van der Waals surface area contributed by atoms with Crippen LogP contribution in [-0.4, -0.2) is 19.0 Å². The fourth-order valence-electron chi connectivity index (χ4n) is 0.726. The second kappa shape index (κ2) is 4.33. The number of aromatic hydroxyl groups is 1. The lowest BCUT2D eigenvalue weighted by atomic mass is 10.3. The predicted octanol–water partition coefficient (Wildman–Crippen LogP) is 2.14.